The lowest BCUT2D eigenvalue weighted by Gasteiger charge is -2.01. The van der Waals surface area contributed by atoms with Crippen molar-refractivity contribution < 1.29 is 4.74 Å². The minimum absolute atomic E-state index is 0.526. The number of aryl methyl sites for hydroxylation is 1. The predicted octanol–water partition coefficient (Wildman–Crippen LogP) is 1.34. The van der Waals surface area contributed by atoms with Crippen molar-refractivity contribution in [2.24, 2.45) is 0 Å². The van der Waals surface area contributed by atoms with Crippen LogP contribution in [0, 0.1) is 6.92 Å². The second-order valence-electron chi connectivity index (χ2n) is 2.68. The third-order valence-electron chi connectivity index (χ3n) is 1.83. The Hall–Kier alpha value is -1.71. The smallest absolute Gasteiger partial charge is 0.232 e. The Morgan fingerprint density at radius 1 is 1.31 bits per heavy atom. The van der Waals surface area contributed by atoms with Crippen LogP contribution in [0.4, 0.5) is 0 Å². The maximum atomic E-state index is 4.97. The summed E-state index contributed by atoms with van der Waals surface area (Å²) < 4.78 is 4.97. The highest BCUT2D eigenvalue weighted by molar-refractivity contribution is 5.76. The number of fused-ring (bicyclic) bond motifs is 1. The van der Waals surface area contributed by atoms with E-state index in [1.807, 2.05) is 13.0 Å². The van der Waals surface area contributed by atoms with Gasteiger partial charge in [-0.25, -0.2) is 9.97 Å². The molecule has 66 valence electrons. The summed E-state index contributed by atoms with van der Waals surface area (Å²) in [5.74, 6) is 0.526. The van der Waals surface area contributed by atoms with Gasteiger partial charge in [-0.2, -0.15) is 0 Å². The Morgan fingerprint density at radius 2 is 2.15 bits per heavy atom. The topological polar surface area (TPSA) is 47.9 Å². The zero-order valence-electron chi connectivity index (χ0n) is 7.48. The molecular formula is C9H9N3O. The number of hydrogen-bond acceptors (Lipinski definition) is 4. The fourth-order valence-corrected chi connectivity index (χ4v) is 1.16. The van der Waals surface area contributed by atoms with Crippen molar-refractivity contribution in [2.45, 2.75) is 6.92 Å². The molecule has 0 spiro atoms. The van der Waals surface area contributed by atoms with E-state index in [0.717, 1.165) is 16.7 Å². The second-order valence-corrected chi connectivity index (χ2v) is 2.68. The predicted molar refractivity (Wildman–Crippen MR) is 48.6 cm³/mol. The maximum absolute atomic E-state index is 4.97. The molecule has 0 fully saturated rings. The van der Waals surface area contributed by atoms with Gasteiger partial charge in [-0.1, -0.05) is 0 Å². The third-order valence-corrected chi connectivity index (χ3v) is 1.83. The van der Waals surface area contributed by atoms with Gasteiger partial charge in [-0.15, -0.1) is 0 Å². The summed E-state index contributed by atoms with van der Waals surface area (Å²) in [7, 11) is 1.57. The number of ether oxygens (including phenoxy) is 1. The zero-order valence-corrected chi connectivity index (χ0v) is 7.48. The highest BCUT2D eigenvalue weighted by Gasteiger charge is 2.01. The highest BCUT2D eigenvalue weighted by atomic mass is 16.5. The Bertz CT molecular complexity index is 442. The van der Waals surface area contributed by atoms with Crippen molar-refractivity contribution in [2.75, 3.05) is 7.11 Å². The Balaban J connectivity index is 2.72. The van der Waals surface area contributed by atoms with E-state index in [2.05, 4.69) is 15.0 Å². The number of hydrogen-bond donors (Lipinski definition) is 0. The van der Waals surface area contributed by atoms with Crippen molar-refractivity contribution in [3.8, 4) is 5.88 Å². The quantitative estimate of drug-likeness (QED) is 0.656. The van der Waals surface area contributed by atoms with Gasteiger partial charge < -0.3 is 4.74 Å². The van der Waals surface area contributed by atoms with Crippen LogP contribution in [-0.4, -0.2) is 22.1 Å². The molecule has 13 heavy (non-hydrogen) atoms. The van der Waals surface area contributed by atoms with Crippen molar-refractivity contribution in [3.63, 3.8) is 0 Å². The largest absolute Gasteiger partial charge is 0.480 e. The minimum Gasteiger partial charge on any atom is -0.480 e. The Kier molecular flexibility index (Phi) is 1.81. The molecule has 0 saturated heterocycles. The van der Waals surface area contributed by atoms with Gasteiger partial charge in [0.05, 0.1) is 24.5 Å². The van der Waals surface area contributed by atoms with Crippen LogP contribution in [-0.2, 0) is 0 Å². The molecule has 2 heterocycles. The fourth-order valence-electron chi connectivity index (χ4n) is 1.16. The van der Waals surface area contributed by atoms with Crippen LogP contribution in [0.1, 0.15) is 5.69 Å². The van der Waals surface area contributed by atoms with Crippen LogP contribution < -0.4 is 4.74 Å². The van der Waals surface area contributed by atoms with E-state index in [9.17, 15) is 0 Å². The molecule has 2 rings (SSSR count). The van der Waals surface area contributed by atoms with E-state index in [-0.39, 0.29) is 0 Å². The van der Waals surface area contributed by atoms with Gasteiger partial charge in [-0.05, 0) is 13.0 Å². The molecule has 0 aromatic carbocycles. The molecule has 0 aliphatic heterocycles. The van der Waals surface area contributed by atoms with Crippen LogP contribution in [0.2, 0.25) is 0 Å². The second kappa shape index (κ2) is 2.97. The van der Waals surface area contributed by atoms with E-state index in [4.69, 9.17) is 4.74 Å². The number of pyridine rings is 1. The average Bonchev–Trinajstić information content (AvgIpc) is 2.18. The van der Waals surface area contributed by atoms with Gasteiger partial charge in [-0.3, -0.25) is 4.98 Å². The van der Waals surface area contributed by atoms with Crippen molar-refractivity contribution in [1.82, 2.24) is 15.0 Å². The van der Waals surface area contributed by atoms with Crippen LogP contribution in [0.3, 0.4) is 0 Å². The van der Waals surface area contributed by atoms with E-state index in [0.29, 0.717) is 5.88 Å². The van der Waals surface area contributed by atoms with E-state index in [1.165, 1.54) is 0 Å². The molecule has 0 N–H and O–H groups in total. The van der Waals surface area contributed by atoms with E-state index >= 15 is 0 Å². The standard InChI is InChI=1S/C9H9N3O/c1-6-9-7(3-4-10-6)12-8(13-2)5-11-9/h3-5H,1-2H3. The van der Waals surface area contributed by atoms with Gasteiger partial charge in [0.15, 0.2) is 0 Å². The van der Waals surface area contributed by atoms with Gasteiger partial charge in [0.25, 0.3) is 0 Å². The summed E-state index contributed by atoms with van der Waals surface area (Å²) in [4.78, 5) is 12.6. The molecule has 0 radical (unpaired) electrons. The molecule has 2 aromatic heterocycles. The summed E-state index contributed by atoms with van der Waals surface area (Å²) in [5.41, 5.74) is 2.52. The van der Waals surface area contributed by atoms with Crippen LogP contribution >= 0.6 is 0 Å². The normalized spacial score (nSPS) is 10.3. The van der Waals surface area contributed by atoms with Crippen LogP contribution in [0.15, 0.2) is 18.5 Å². The maximum Gasteiger partial charge on any atom is 0.232 e. The van der Waals surface area contributed by atoms with Gasteiger partial charge in [0, 0.05) is 6.20 Å². The fraction of sp³-hybridized carbons (Fsp3) is 0.222. The van der Waals surface area contributed by atoms with Crippen molar-refractivity contribution in [1.29, 1.82) is 0 Å². The zero-order chi connectivity index (χ0) is 9.26. The molecule has 4 nitrogen and oxygen atoms in total. The van der Waals surface area contributed by atoms with Crippen LogP contribution in [0.5, 0.6) is 5.88 Å². The van der Waals surface area contributed by atoms with Crippen LogP contribution in [0.25, 0.3) is 11.0 Å². The third kappa shape index (κ3) is 1.30. The molecule has 0 amide bonds. The van der Waals surface area contributed by atoms with Gasteiger partial charge in [0.2, 0.25) is 5.88 Å². The van der Waals surface area contributed by atoms with Crippen molar-refractivity contribution >= 4 is 11.0 Å². The number of methoxy groups -OCH3 is 1. The van der Waals surface area contributed by atoms with Gasteiger partial charge in [0.1, 0.15) is 5.52 Å². The lowest BCUT2D eigenvalue weighted by Crippen LogP contribution is -1.93. The Labute approximate surface area is 75.6 Å². The molecule has 0 aliphatic carbocycles. The molecule has 4 heteroatoms. The van der Waals surface area contributed by atoms with E-state index in [1.54, 1.807) is 19.5 Å². The molecule has 0 saturated carbocycles. The summed E-state index contributed by atoms with van der Waals surface area (Å²) >= 11 is 0. The first-order valence-electron chi connectivity index (χ1n) is 3.93. The monoisotopic (exact) mass is 175 g/mol. The molecule has 0 atom stereocenters. The lowest BCUT2D eigenvalue weighted by molar-refractivity contribution is 0.397. The highest BCUT2D eigenvalue weighted by Crippen LogP contribution is 2.14. The number of nitrogens with zero attached hydrogens (tertiary/aromatic N) is 3. The first kappa shape index (κ1) is 7.91. The first-order chi connectivity index (χ1) is 6.31. The minimum atomic E-state index is 0.526. The molecule has 0 aliphatic rings. The summed E-state index contributed by atoms with van der Waals surface area (Å²) in [6.07, 6.45) is 3.31. The summed E-state index contributed by atoms with van der Waals surface area (Å²) in [5, 5.41) is 0. The molecular weight excluding hydrogens is 166 g/mol. The number of aromatic nitrogens is 3. The molecule has 0 bridgehead atoms. The SMILES string of the molecule is COc1cnc2c(C)nccc2n1. The summed E-state index contributed by atoms with van der Waals surface area (Å²) in [6, 6.07) is 1.82. The van der Waals surface area contributed by atoms with Gasteiger partial charge >= 0.3 is 0 Å². The summed E-state index contributed by atoms with van der Waals surface area (Å²) in [6.45, 7) is 1.91. The number of rotatable bonds is 1. The molecule has 2 aromatic rings. The average molecular weight is 175 g/mol. The van der Waals surface area contributed by atoms with E-state index < -0.39 is 0 Å². The Morgan fingerprint density at radius 3 is 2.92 bits per heavy atom. The van der Waals surface area contributed by atoms with Crippen molar-refractivity contribution in [3.05, 3.63) is 24.2 Å². The lowest BCUT2D eigenvalue weighted by atomic mass is 10.3. The first-order valence-corrected chi connectivity index (χ1v) is 3.93. The molecule has 0 unspecified atom stereocenters.